The number of rotatable bonds is 2. The first-order valence-corrected chi connectivity index (χ1v) is 8.64. The Kier molecular flexibility index (Phi) is 4.15. The molecule has 1 aliphatic heterocycles. The number of fused-ring (bicyclic) bond motifs is 1. The Hall–Kier alpha value is -2.94. The Balaban J connectivity index is 1.83. The number of phenolic OH excluding ortho intramolecular Hbond substituents is 1. The standard InChI is InChI=1S/C19H17F3N4O2/c1-18(28)5-7-26(10-18)17-12-4-6-23-9-14(12)16(24-25-17)13-3-2-11(8-15(13)27)19(20,21)22/h2-4,6,8-9,27-28H,5,7,10H2,1H3. The first kappa shape index (κ1) is 18.4. The molecule has 0 saturated carbocycles. The number of phenols is 1. The van der Waals surface area contributed by atoms with Crippen LogP contribution in [0.15, 0.2) is 36.7 Å². The Morgan fingerprint density at radius 2 is 1.93 bits per heavy atom. The predicted molar refractivity (Wildman–Crippen MR) is 96.9 cm³/mol. The third-order valence-electron chi connectivity index (χ3n) is 4.89. The van der Waals surface area contributed by atoms with E-state index in [0.29, 0.717) is 42.2 Å². The van der Waals surface area contributed by atoms with Gasteiger partial charge in [-0.05, 0) is 37.6 Å². The van der Waals surface area contributed by atoms with Crippen molar-refractivity contribution in [1.82, 2.24) is 15.2 Å². The Bertz CT molecular complexity index is 1050. The molecule has 1 unspecified atom stereocenters. The number of nitrogens with zero attached hydrogens (tertiary/aromatic N) is 4. The molecule has 0 amide bonds. The summed E-state index contributed by atoms with van der Waals surface area (Å²) in [6, 6.07) is 4.47. The maximum absolute atomic E-state index is 12.9. The fourth-order valence-electron chi connectivity index (χ4n) is 3.45. The smallest absolute Gasteiger partial charge is 0.416 e. The zero-order valence-electron chi connectivity index (χ0n) is 14.9. The van der Waals surface area contributed by atoms with Gasteiger partial charge in [-0.2, -0.15) is 13.2 Å². The molecule has 1 aliphatic rings. The zero-order chi connectivity index (χ0) is 20.1. The van der Waals surface area contributed by atoms with Crippen LogP contribution in [0.25, 0.3) is 22.0 Å². The number of aromatic hydroxyl groups is 1. The van der Waals surface area contributed by atoms with Gasteiger partial charge in [-0.1, -0.05) is 0 Å². The van der Waals surface area contributed by atoms with Crippen molar-refractivity contribution < 1.29 is 23.4 Å². The van der Waals surface area contributed by atoms with Crippen LogP contribution in [0, 0.1) is 0 Å². The first-order chi connectivity index (χ1) is 13.2. The molecule has 1 saturated heterocycles. The molecular formula is C19H17F3N4O2. The molecule has 1 atom stereocenters. The molecule has 2 aromatic heterocycles. The largest absolute Gasteiger partial charge is 0.507 e. The maximum Gasteiger partial charge on any atom is 0.416 e. The third-order valence-corrected chi connectivity index (χ3v) is 4.89. The Labute approximate surface area is 158 Å². The fourth-order valence-corrected chi connectivity index (χ4v) is 3.45. The van der Waals surface area contributed by atoms with Crippen molar-refractivity contribution in [3.05, 3.63) is 42.2 Å². The third kappa shape index (κ3) is 3.22. The number of hydrogen-bond acceptors (Lipinski definition) is 6. The van der Waals surface area contributed by atoms with E-state index >= 15 is 0 Å². The second-order valence-corrected chi connectivity index (χ2v) is 7.19. The van der Waals surface area contributed by atoms with E-state index in [1.807, 2.05) is 4.90 Å². The van der Waals surface area contributed by atoms with Crippen LogP contribution < -0.4 is 4.90 Å². The number of aromatic nitrogens is 3. The minimum Gasteiger partial charge on any atom is -0.507 e. The molecule has 0 radical (unpaired) electrons. The second kappa shape index (κ2) is 6.30. The Morgan fingerprint density at radius 1 is 1.14 bits per heavy atom. The highest BCUT2D eigenvalue weighted by atomic mass is 19.4. The highest BCUT2D eigenvalue weighted by Gasteiger charge is 2.34. The number of benzene rings is 1. The topological polar surface area (TPSA) is 82.4 Å². The normalized spacial score (nSPS) is 20.1. The summed E-state index contributed by atoms with van der Waals surface area (Å²) in [5, 5.41) is 30.1. The van der Waals surface area contributed by atoms with E-state index in [-0.39, 0.29) is 11.3 Å². The van der Waals surface area contributed by atoms with Gasteiger partial charge in [0.25, 0.3) is 0 Å². The summed E-state index contributed by atoms with van der Waals surface area (Å²) >= 11 is 0. The van der Waals surface area contributed by atoms with Gasteiger partial charge in [-0.25, -0.2) is 0 Å². The van der Waals surface area contributed by atoms with Gasteiger partial charge in [0, 0.05) is 41.8 Å². The molecule has 9 heteroatoms. The molecule has 146 valence electrons. The van der Waals surface area contributed by atoms with E-state index in [9.17, 15) is 23.4 Å². The lowest BCUT2D eigenvalue weighted by Gasteiger charge is -2.21. The highest BCUT2D eigenvalue weighted by molar-refractivity contribution is 6.00. The molecule has 3 aromatic rings. The lowest BCUT2D eigenvalue weighted by Crippen LogP contribution is -2.30. The van der Waals surface area contributed by atoms with E-state index in [1.165, 1.54) is 12.3 Å². The molecule has 4 rings (SSSR count). The van der Waals surface area contributed by atoms with E-state index < -0.39 is 23.1 Å². The van der Waals surface area contributed by atoms with Crippen molar-refractivity contribution in [2.75, 3.05) is 18.0 Å². The van der Waals surface area contributed by atoms with Crippen molar-refractivity contribution in [2.24, 2.45) is 0 Å². The number of anilines is 1. The van der Waals surface area contributed by atoms with Gasteiger partial charge < -0.3 is 15.1 Å². The first-order valence-electron chi connectivity index (χ1n) is 8.64. The van der Waals surface area contributed by atoms with Gasteiger partial charge in [0.15, 0.2) is 5.82 Å². The van der Waals surface area contributed by atoms with E-state index in [0.717, 1.165) is 6.07 Å². The van der Waals surface area contributed by atoms with E-state index in [4.69, 9.17) is 0 Å². The molecule has 0 aliphatic carbocycles. The highest BCUT2D eigenvalue weighted by Crippen LogP contribution is 2.39. The summed E-state index contributed by atoms with van der Waals surface area (Å²) < 4.78 is 38.6. The molecule has 3 heterocycles. The van der Waals surface area contributed by atoms with Crippen LogP contribution in [0.4, 0.5) is 19.0 Å². The molecule has 0 spiro atoms. The van der Waals surface area contributed by atoms with Crippen molar-refractivity contribution >= 4 is 16.6 Å². The number of β-amino-alcohol motifs (C(OH)–C–C–N with tert-alkyl or cyclic N) is 1. The lowest BCUT2D eigenvalue weighted by molar-refractivity contribution is -0.137. The average molecular weight is 390 g/mol. The average Bonchev–Trinajstić information content (AvgIpc) is 3.00. The summed E-state index contributed by atoms with van der Waals surface area (Å²) in [5.41, 5.74) is -1.40. The predicted octanol–water partition coefficient (Wildman–Crippen LogP) is 3.38. The van der Waals surface area contributed by atoms with Gasteiger partial charge in [0.1, 0.15) is 11.4 Å². The lowest BCUT2D eigenvalue weighted by atomic mass is 10.0. The SMILES string of the molecule is CC1(O)CCN(c2nnc(-c3ccc(C(F)(F)F)cc3O)c3cnccc23)C1. The number of aliphatic hydroxyl groups is 1. The van der Waals surface area contributed by atoms with E-state index in [2.05, 4.69) is 15.2 Å². The maximum atomic E-state index is 12.9. The van der Waals surface area contributed by atoms with E-state index in [1.54, 1.807) is 19.2 Å². The van der Waals surface area contributed by atoms with Crippen LogP contribution in [0.2, 0.25) is 0 Å². The minimum absolute atomic E-state index is 0.137. The molecule has 1 aromatic carbocycles. The Morgan fingerprint density at radius 3 is 2.57 bits per heavy atom. The van der Waals surface area contributed by atoms with Gasteiger partial charge in [-0.15, -0.1) is 10.2 Å². The number of hydrogen-bond donors (Lipinski definition) is 2. The summed E-state index contributed by atoms with van der Waals surface area (Å²) in [6.07, 6.45) is -0.850. The molecule has 1 fully saturated rings. The summed E-state index contributed by atoms with van der Waals surface area (Å²) in [6.45, 7) is 2.74. The van der Waals surface area contributed by atoms with Crippen LogP contribution in [0.3, 0.4) is 0 Å². The van der Waals surface area contributed by atoms with Crippen LogP contribution in [-0.4, -0.2) is 44.1 Å². The summed E-state index contributed by atoms with van der Waals surface area (Å²) in [5.74, 6) is 0.0245. The fraction of sp³-hybridized carbons (Fsp3) is 0.316. The number of alkyl halides is 3. The summed E-state index contributed by atoms with van der Waals surface area (Å²) in [7, 11) is 0. The van der Waals surface area contributed by atoms with Crippen molar-refractivity contribution in [1.29, 1.82) is 0 Å². The quantitative estimate of drug-likeness (QED) is 0.698. The van der Waals surface area contributed by atoms with Crippen LogP contribution in [-0.2, 0) is 6.18 Å². The summed E-state index contributed by atoms with van der Waals surface area (Å²) in [4.78, 5) is 5.99. The molecule has 6 nitrogen and oxygen atoms in total. The van der Waals surface area contributed by atoms with Gasteiger partial charge in [-0.3, -0.25) is 4.98 Å². The molecule has 28 heavy (non-hydrogen) atoms. The molecule has 0 bridgehead atoms. The van der Waals surface area contributed by atoms with Crippen molar-refractivity contribution in [3.63, 3.8) is 0 Å². The van der Waals surface area contributed by atoms with Gasteiger partial charge in [0.2, 0.25) is 0 Å². The van der Waals surface area contributed by atoms with Crippen LogP contribution >= 0.6 is 0 Å². The zero-order valence-corrected chi connectivity index (χ0v) is 14.9. The van der Waals surface area contributed by atoms with Crippen molar-refractivity contribution in [2.45, 2.75) is 25.1 Å². The second-order valence-electron chi connectivity index (χ2n) is 7.19. The number of halogens is 3. The molecular weight excluding hydrogens is 373 g/mol. The van der Waals surface area contributed by atoms with Crippen molar-refractivity contribution in [3.8, 4) is 17.0 Å². The monoisotopic (exact) mass is 390 g/mol. The van der Waals surface area contributed by atoms with Gasteiger partial charge in [0.05, 0.1) is 11.2 Å². The van der Waals surface area contributed by atoms with Gasteiger partial charge >= 0.3 is 6.18 Å². The molecule has 2 N–H and O–H groups in total. The number of pyridine rings is 1. The van der Waals surface area contributed by atoms with Crippen LogP contribution in [0.5, 0.6) is 5.75 Å². The van der Waals surface area contributed by atoms with Crippen LogP contribution in [0.1, 0.15) is 18.9 Å². The minimum atomic E-state index is -4.55.